The number of thiophene rings is 1. The minimum atomic E-state index is -0.432. The van der Waals surface area contributed by atoms with Crippen molar-refractivity contribution in [3.63, 3.8) is 0 Å². The van der Waals surface area contributed by atoms with Crippen LogP contribution in [0.3, 0.4) is 0 Å². The smallest absolute Gasteiger partial charge is 0.287 e. The van der Waals surface area contributed by atoms with Gasteiger partial charge in [-0.1, -0.05) is 0 Å². The molecule has 2 amide bonds. The predicted molar refractivity (Wildman–Crippen MR) is 101 cm³/mol. The second-order valence-corrected chi connectivity index (χ2v) is 8.09. The summed E-state index contributed by atoms with van der Waals surface area (Å²) in [5, 5.41) is 8.34. The van der Waals surface area contributed by atoms with E-state index in [1.165, 1.54) is 6.07 Å². The summed E-state index contributed by atoms with van der Waals surface area (Å²) < 4.78 is 5.59. The third-order valence-corrected chi connectivity index (χ3v) is 5.51. The maximum atomic E-state index is 11.9. The van der Waals surface area contributed by atoms with Gasteiger partial charge in [0.25, 0.3) is 5.91 Å². The number of thiazole rings is 1. The lowest BCUT2D eigenvalue weighted by molar-refractivity contribution is -0.120. The highest BCUT2D eigenvalue weighted by atomic mass is 79.9. The molecular weight excluding hydrogens is 426 g/mol. The number of halogens is 1. The van der Waals surface area contributed by atoms with Gasteiger partial charge in [0.2, 0.25) is 5.91 Å². The van der Waals surface area contributed by atoms with Gasteiger partial charge >= 0.3 is 0 Å². The lowest BCUT2D eigenvalue weighted by atomic mass is 10.3. The third kappa shape index (κ3) is 4.77. The van der Waals surface area contributed by atoms with E-state index < -0.39 is 5.91 Å². The van der Waals surface area contributed by atoms with Crippen LogP contribution in [0.25, 0.3) is 10.6 Å². The number of nitrogens with zero attached hydrogens (tertiary/aromatic N) is 1. The highest BCUT2D eigenvalue weighted by Gasteiger charge is 2.12. The molecule has 0 aliphatic rings. The summed E-state index contributed by atoms with van der Waals surface area (Å²) in [6.07, 6.45) is 0. The molecule has 3 rings (SSSR count). The number of carbonyl (C=O) groups is 2. The van der Waals surface area contributed by atoms with Gasteiger partial charge in [-0.05, 0) is 47.1 Å². The van der Waals surface area contributed by atoms with Crippen molar-refractivity contribution in [1.82, 2.24) is 15.6 Å². The summed E-state index contributed by atoms with van der Waals surface area (Å²) in [5.41, 5.74) is 0.960. The van der Waals surface area contributed by atoms with E-state index in [9.17, 15) is 9.59 Å². The van der Waals surface area contributed by atoms with Crippen LogP contribution in [0, 0.1) is 6.92 Å². The maximum Gasteiger partial charge on any atom is 0.287 e. The summed E-state index contributed by atoms with van der Waals surface area (Å²) >= 11 is 6.32. The van der Waals surface area contributed by atoms with E-state index in [0.717, 1.165) is 20.5 Å². The molecule has 0 saturated heterocycles. The number of rotatable bonds is 6. The molecule has 3 aromatic rings. The van der Waals surface area contributed by atoms with E-state index >= 15 is 0 Å². The number of amides is 2. The molecule has 0 aliphatic heterocycles. The van der Waals surface area contributed by atoms with Crippen molar-refractivity contribution in [2.24, 2.45) is 0 Å². The van der Waals surface area contributed by atoms with Crippen LogP contribution in [-0.4, -0.2) is 23.3 Å². The fourth-order valence-electron chi connectivity index (χ4n) is 2.02. The minimum absolute atomic E-state index is 0.110. The Morgan fingerprint density at radius 3 is 2.76 bits per heavy atom. The van der Waals surface area contributed by atoms with Gasteiger partial charge in [-0.25, -0.2) is 4.98 Å². The third-order valence-electron chi connectivity index (χ3n) is 3.20. The summed E-state index contributed by atoms with van der Waals surface area (Å²) in [5.74, 6) is -0.544. The molecule has 0 aromatic carbocycles. The fraction of sp³-hybridized carbons (Fsp3) is 0.188. The highest BCUT2D eigenvalue weighted by Crippen LogP contribution is 2.28. The summed E-state index contributed by atoms with van der Waals surface area (Å²) in [7, 11) is 0. The Balaban J connectivity index is 1.46. The van der Waals surface area contributed by atoms with Crippen LogP contribution in [0.4, 0.5) is 0 Å². The molecule has 0 radical (unpaired) electrons. The highest BCUT2D eigenvalue weighted by molar-refractivity contribution is 9.10. The monoisotopic (exact) mass is 439 g/mol. The Kier molecular flexibility index (Phi) is 5.67. The van der Waals surface area contributed by atoms with Crippen LogP contribution in [0.1, 0.15) is 20.4 Å². The van der Waals surface area contributed by atoms with Crippen LogP contribution in [-0.2, 0) is 11.3 Å². The van der Waals surface area contributed by atoms with Gasteiger partial charge in [0.05, 0.1) is 28.7 Å². The van der Waals surface area contributed by atoms with Gasteiger partial charge < -0.3 is 15.1 Å². The zero-order chi connectivity index (χ0) is 17.8. The van der Waals surface area contributed by atoms with E-state index in [2.05, 4.69) is 31.5 Å². The van der Waals surface area contributed by atoms with Crippen molar-refractivity contribution in [2.75, 3.05) is 6.54 Å². The lowest BCUT2D eigenvalue weighted by Gasteiger charge is -2.04. The molecule has 6 nitrogen and oxygen atoms in total. The van der Waals surface area contributed by atoms with Crippen molar-refractivity contribution < 1.29 is 14.0 Å². The zero-order valence-electron chi connectivity index (χ0n) is 13.2. The minimum Gasteiger partial charge on any atom is -0.444 e. The molecule has 0 bridgehead atoms. The summed E-state index contributed by atoms with van der Waals surface area (Å²) in [4.78, 5) is 30.2. The molecule has 3 heterocycles. The van der Waals surface area contributed by atoms with Crippen LogP contribution in [0.15, 0.2) is 38.7 Å². The number of furan rings is 1. The van der Waals surface area contributed by atoms with Crippen molar-refractivity contribution in [2.45, 2.75) is 13.5 Å². The first-order chi connectivity index (χ1) is 12.0. The predicted octanol–water partition coefficient (Wildman–Crippen LogP) is 3.58. The number of nitrogens with one attached hydrogen (secondary N) is 2. The number of aromatic nitrogens is 1. The molecule has 2 N–H and O–H groups in total. The lowest BCUT2D eigenvalue weighted by Crippen LogP contribution is -2.36. The molecular formula is C16H14BrN3O3S2. The summed E-state index contributed by atoms with van der Waals surface area (Å²) in [6, 6.07) is 7.11. The van der Waals surface area contributed by atoms with Crippen LogP contribution in [0.2, 0.25) is 0 Å². The Morgan fingerprint density at radius 2 is 2.08 bits per heavy atom. The van der Waals surface area contributed by atoms with Gasteiger partial charge in [0.15, 0.2) is 10.4 Å². The Labute approximate surface area is 160 Å². The molecule has 0 atom stereocenters. The second kappa shape index (κ2) is 7.94. The van der Waals surface area contributed by atoms with Gasteiger partial charge in [-0.3, -0.25) is 9.59 Å². The molecule has 130 valence electrons. The number of carbonyl (C=O) groups excluding carboxylic acids is 2. The normalized spacial score (nSPS) is 10.6. The standard InChI is InChI=1S/C16H14BrN3O3S2/c1-9-20-11(8-24-9)13-4-2-10(25-13)6-18-15(21)7-19-16(22)12-3-5-14(17)23-12/h2-5,8H,6-7H2,1H3,(H,18,21)(H,19,22). The van der Waals surface area contributed by atoms with Crippen LogP contribution < -0.4 is 10.6 Å². The van der Waals surface area contributed by atoms with Crippen LogP contribution >= 0.6 is 38.6 Å². The topological polar surface area (TPSA) is 84.2 Å². The first-order valence-corrected chi connectivity index (χ1v) is 9.81. The Hall–Kier alpha value is -1.97. The average Bonchev–Trinajstić information content (AvgIpc) is 3.31. The molecule has 0 spiro atoms. The largest absolute Gasteiger partial charge is 0.444 e. The van der Waals surface area contributed by atoms with E-state index in [1.54, 1.807) is 28.7 Å². The first kappa shape index (κ1) is 17.8. The molecule has 25 heavy (non-hydrogen) atoms. The van der Waals surface area contributed by atoms with Crippen molar-refractivity contribution in [1.29, 1.82) is 0 Å². The zero-order valence-corrected chi connectivity index (χ0v) is 16.4. The molecule has 0 aliphatic carbocycles. The first-order valence-electron chi connectivity index (χ1n) is 7.33. The molecule has 0 fully saturated rings. The van der Waals surface area contributed by atoms with Crippen molar-refractivity contribution in [3.05, 3.63) is 50.0 Å². The average molecular weight is 440 g/mol. The van der Waals surface area contributed by atoms with Gasteiger partial charge in [0.1, 0.15) is 0 Å². The maximum absolute atomic E-state index is 11.9. The molecule has 9 heteroatoms. The Morgan fingerprint density at radius 1 is 1.24 bits per heavy atom. The van der Waals surface area contributed by atoms with Gasteiger partial charge in [0, 0.05) is 10.3 Å². The number of hydrogen-bond acceptors (Lipinski definition) is 6. The van der Waals surface area contributed by atoms with Gasteiger partial charge in [-0.15, -0.1) is 22.7 Å². The molecule has 3 aromatic heterocycles. The van der Waals surface area contributed by atoms with Crippen LogP contribution in [0.5, 0.6) is 0 Å². The van der Waals surface area contributed by atoms with Crippen molar-refractivity contribution in [3.8, 4) is 10.6 Å². The molecule has 0 saturated carbocycles. The van der Waals surface area contributed by atoms with Crippen molar-refractivity contribution >= 4 is 50.4 Å². The molecule has 0 unspecified atom stereocenters. The van der Waals surface area contributed by atoms with E-state index in [1.807, 2.05) is 24.4 Å². The SMILES string of the molecule is Cc1nc(-c2ccc(CNC(=O)CNC(=O)c3ccc(Br)o3)s2)cs1. The quantitative estimate of drug-likeness (QED) is 0.614. The van der Waals surface area contributed by atoms with Gasteiger partial charge in [-0.2, -0.15) is 0 Å². The number of aryl methyl sites for hydroxylation is 1. The van der Waals surface area contributed by atoms with E-state index in [4.69, 9.17) is 4.42 Å². The number of hydrogen-bond donors (Lipinski definition) is 2. The van der Waals surface area contributed by atoms with E-state index in [-0.39, 0.29) is 18.2 Å². The van der Waals surface area contributed by atoms with E-state index in [0.29, 0.717) is 11.2 Å². The fourth-order valence-corrected chi connectivity index (χ4v) is 3.92. The summed E-state index contributed by atoms with van der Waals surface area (Å²) in [6.45, 7) is 2.27. The Bertz CT molecular complexity index is 900. The second-order valence-electron chi connectivity index (χ2n) is 5.08.